The van der Waals surface area contributed by atoms with E-state index in [2.05, 4.69) is 15.2 Å². The molecule has 8 heteroatoms. The molecule has 0 radical (unpaired) electrons. The number of imide groups is 1. The lowest BCUT2D eigenvalue weighted by Gasteiger charge is -2.21. The van der Waals surface area contributed by atoms with Crippen LogP contribution in [0.5, 0.6) is 0 Å². The molecule has 148 valence electrons. The summed E-state index contributed by atoms with van der Waals surface area (Å²) in [5.74, 6) is 0.168. The zero-order valence-electron chi connectivity index (χ0n) is 15.5. The predicted molar refractivity (Wildman–Crippen MR) is 113 cm³/mol. The van der Waals surface area contributed by atoms with E-state index in [-0.39, 0.29) is 11.8 Å². The number of likely N-dealkylation sites (tertiary alicyclic amines) is 1. The first-order chi connectivity index (χ1) is 14.1. The molecule has 4 rings (SSSR count). The largest absolute Gasteiger partial charge is 0.278 e. The van der Waals surface area contributed by atoms with Crippen LogP contribution in [0.3, 0.4) is 0 Å². The lowest BCUT2D eigenvalue weighted by atomic mass is 10.2. The second-order valence-electron chi connectivity index (χ2n) is 6.74. The number of nitrogens with zero attached hydrogens (tertiary/aromatic N) is 3. The number of rotatable bonds is 4. The van der Waals surface area contributed by atoms with E-state index in [1.807, 2.05) is 30.3 Å². The number of H-pyrrole nitrogens is 1. The number of nitrogens with one attached hydrogen (secondary N) is 1. The summed E-state index contributed by atoms with van der Waals surface area (Å²) in [5.41, 5.74) is 1.39. The molecule has 0 saturated carbocycles. The van der Waals surface area contributed by atoms with Gasteiger partial charge in [0.15, 0.2) is 5.82 Å². The van der Waals surface area contributed by atoms with Gasteiger partial charge in [0.05, 0.1) is 5.25 Å². The van der Waals surface area contributed by atoms with Crippen molar-refractivity contribution in [2.45, 2.75) is 29.7 Å². The number of benzene rings is 2. The molecular formula is C21H19ClN4O2S. The summed E-state index contributed by atoms with van der Waals surface area (Å²) in [5, 5.41) is 7.83. The molecule has 0 aliphatic carbocycles. The van der Waals surface area contributed by atoms with Crippen LogP contribution in [0.4, 0.5) is 0 Å². The number of amides is 2. The van der Waals surface area contributed by atoms with Gasteiger partial charge in [0, 0.05) is 22.7 Å². The van der Waals surface area contributed by atoms with Gasteiger partial charge in [-0.3, -0.25) is 19.6 Å². The number of carbonyl (C=O) groups is 2. The molecule has 3 aromatic rings. The van der Waals surface area contributed by atoms with E-state index < -0.39 is 5.25 Å². The van der Waals surface area contributed by atoms with Gasteiger partial charge >= 0.3 is 0 Å². The van der Waals surface area contributed by atoms with Crippen LogP contribution in [0.25, 0.3) is 11.4 Å². The molecular weight excluding hydrogens is 408 g/mol. The zero-order valence-corrected chi connectivity index (χ0v) is 17.1. The number of aromatic amines is 1. The molecule has 1 aliphatic rings. The van der Waals surface area contributed by atoms with Gasteiger partial charge in [0.2, 0.25) is 11.1 Å². The summed E-state index contributed by atoms with van der Waals surface area (Å²) in [7, 11) is 0. The molecule has 0 bridgehead atoms. The fourth-order valence-electron chi connectivity index (χ4n) is 3.22. The Morgan fingerprint density at radius 3 is 2.62 bits per heavy atom. The van der Waals surface area contributed by atoms with Gasteiger partial charge in [0.25, 0.3) is 5.91 Å². The highest BCUT2D eigenvalue weighted by molar-refractivity contribution is 8.00. The van der Waals surface area contributed by atoms with Crippen LogP contribution in [-0.4, -0.2) is 43.7 Å². The average molecular weight is 427 g/mol. The van der Waals surface area contributed by atoms with Gasteiger partial charge in [0.1, 0.15) is 0 Å². The van der Waals surface area contributed by atoms with E-state index in [1.54, 1.807) is 24.3 Å². The Labute approximate surface area is 177 Å². The molecule has 1 saturated heterocycles. The molecule has 1 atom stereocenters. The van der Waals surface area contributed by atoms with Gasteiger partial charge < -0.3 is 0 Å². The summed E-state index contributed by atoms with van der Waals surface area (Å²) < 4.78 is 0. The van der Waals surface area contributed by atoms with E-state index in [0.29, 0.717) is 34.5 Å². The lowest BCUT2D eigenvalue weighted by molar-refractivity contribution is -0.127. The zero-order chi connectivity index (χ0) is 20.2. The molecule has 1 N–H and O–H groups in total. The van der Waals surface area contributed by atoms with Crippen molar-refractivity contribution < 1.29 is 9.59 Å². The van der Waals surface area contributed by atoms with E-state index in [9.17, 15) is 9.59 Å². The van der Waals surface area contributed by atoms with Crippen LogP contribution in [0, 0.1) is 0 Å². The maximum Gasteiger partial charge on any atom is 0.260 e. The Morgan fingerprint density at radius 1 is 1.10 bits per heavy atom. The molecule has 1 aromatic heterocycles. The maximum atomic E-state index is 13.1. The van der Waals surface area contributed by atoms with Gasteiger partial charge in [-0.15, -0.1) is 5.10 Å². The van der Waals surface area contributed by atoms with Gasteiger partial charge in [-0.25, -0.2) is 4.98 Å². The summed E-state index contributed by atoms with van der Waals surface area (Å²) in [6, 6.07) is 16.3. The first kappa shape index (κ1) is 19.7. The Morgan fingerprint density at radius 2 is 1.86 bits per heavy atom. The predicted octanol–water partition coefficient (Wildman–Crippen LogP) is 4.44. The normalized spacial score (nSPS) is 17.2. The van der Waals surface area contributed by atoms with Crippen LogP contribution >= 0.6 is 23.4 Å². The Kier molecular flexibility index (Phi) is 5.97. The van der Waals surface area contributed by atoms with Crippen LogP contribution in [0.2, 0.25) is 5.02 Å². The van der Waals surface area contributed by atoms with Crippen molar-refractivity contribution in [2.24, 2.45) is 0 Å². The summed E-state index contributed by atoms with van der Waals surface area (Å²) in [4.78, 5) is 31.8. The molecule has 1 aliphatic heterocycles. The van der Waals surface area contributed by atoms with Crippen molar-refractivity contribution in [2.75, 3.05) is 6.54 Å². The second kappa shape index (κ2) is 8.80. The molecule has 2 amide bonds. The van der Waals surface area contributed by atoms with Gasteiger partial charge in [-0.2, -0.15) is 0 Å². The molecule has 29 heavy (non-hydrogen) atoms. The van der Waals surface area contributed by atoms with E-state index in [1.165, 1.54) is 16.7 Å². The smallest absolute Gasteiger partial charge is 0.260 e. The van der Waals surface area contributed by atoms with Crippen LogP contribution < -0.4 is 0 Å². The third-order valence-corrected chi connectivity index (χ3v) is 6.10. The third-order valence-electron chi connectivity index (χ3n) is 4.74. The summed E-state index contributed by atoms with van der Waals surface area (Å²) in [6.07, 6.45) is 2.33. The number of thioether (sulfide) groups is 1. The average Bonchev–Trinajstić information content (AvgIpc) is 3.14. The highest BCUT2D eigenvalue weighted by Gasteiger charge is 2.33. The Hall–Kier alpha value is -2.64. The highest BCUT2D eigenvalue weighted by atomic mass is 35.5. The highest BCUT2D eigenvalue weighted by Crippen LogP contribution is 2.30. The van der Waals surface area contributed by atoms with E-state index >= 15 is 0 Å². The Bertz CT molecular complexity index is 1010. The lowest BCUT2D eigenvalue weighted by Crippen LogP contribution is -2.41. The minimum atomic E-state index is -0.395. The minimum Gasteiger partial charge on any atom is -0.278 e. The van der Waals surface area contributed by atoms with Crippen LogP contribution in [-0.2, 0) is 4.79 Å². The third kappa shape index (κ3) is 4.52. The van der Waals surface area contributed by atoms with Gasteiger partial charge in [-0.05, 0) is 37.1 Å². The van der Waals surface area contributed by atoms with Crippen molar-refractivity contribution in [3.05, 3.63) is 65.2 Å². The SMILES string of the molecule is O=C(c1ccc(Cl)cc1)N1CCCC[C@@H](Sc2n[nH]c(-c3ccccc3)n2)C1=O. The standard InChI is InChI=1S/C21H19ClN4O2S/c22-16-11-9-15(10-12-16)19(27)26-13-5-4-8-17(20(26)28)29-21-23-18(24-25-21)14-6-2-1-3-7-14/h1-3,6-7,9-12,17H,4-5,8,13H2,(H,23,24,25)/t17-/m1/s1. The maximum absolute atomic E-state index is 13.1. The van der Waals surface area contributed by atoms with Crippen LogP contribution in [0.1, 0.15) is 29.6 Å². The van der Waals surface area contributed by atoms with Crippen molar-refractivity contribution in [1.29, 1.82) is 0 Å². The molecule has 0 spiro atoms. The number of aromatic nitrogens is 3. The quantitative estimate of drug-likeness (QED) is 0.624. The molecule has 1 fully saturated rings. The van der Waals surface area contributed by atoms with E-state index in [0.717, 1.165) is 18.4 Å². The van der Waals surface area contributed by atoms with Crippen molar-refractivity contribution >= 4 is 35.2 Å². The second-order valence-corrected chi connectivity index (χ2v) is 8.34. The fraction of sp³-hybridized carbons (Fsp3) is 0.238. The molecule has 2 aromatic carbocycles. The summed E-state index contributed by atoms with van der Waals surface area (Å²) in [6.45, 7) is 0.417. The number of hydrogen-bond acceptors (Lipinski definition) is 5. The van der Waals surface area contributed by atoms with Crippen LogP contribution in [0.15, 0.2) is 59.8 Å². The van der Waals surface area contributed by atoms with Crippen molar-refractivity contribution in [3.8, 4) is 11.4 Å². The van der Waals surface area contributed by atoms with Crippen molar-refractivity contribution in [3.63, 3.8) is 0 Å². The fourth-order valence-corrected chi connectivity index (χ4v) is 4.35. The monoisotopic (exact) mass is 426 g/mol. The molecule has 2 heterocycles. The molecule has 6 nitrogen and oxygen atoms in total. The number of halogens is 1. The summed E-state index contributed by atoms with van der Waals surface area (Å²) >= 11 is 7.21. The number of hydrogen-bond donors (Lipinski definition) is 1. The first-order valence-electron chi connectivity index (χ1n) is 9.37. The minimum absolute atomic E-state index is 0.196. The molecule has 0 unspecified atom stereocenters. The van der Waals surface area contributed by atoms with E-state index in [4.69, 9.17) is 11.6 Å². The number of carbonyl (C=O) groups excluding carboxylic acids is 2. The topological polar surface area (TPSA) is 79.0 Å². The van der Waals surface area contributed by atoms with Crippen molar-refractivity contribution in [1.82, 2.24) is 20.1 Å². The Balaban J connectivity index is 1.50. The first-order valence-corrected chi connectivity index (χ1v) is 10.6. The van der Waals surface area contributed by atoms with Gasteiger partial charge in [-0.1, -0.05) is 60.1 Å².